The van der Waals surface area contributed by atoms with Crippen LogP contribution in [-0.4, -0.2) is 83.1 Å². The quantitative estimate of drug-likeness (QED) is 0.738. The summed E-state index contributed by atoms with van der Waals surface area (Å²) in [4.78, 5) is 16.3. The van der Waals surface area contributed by atoms with Gasteiger partial charge in [0.1, 0.15) is 18.3 Å². The summed E-state index contributed by atoms with van der Waals surface area (Å²) >= 11 is 0. The van der Waals surface area contributed by atoms with Crippen LogP contribution in [0.1, 0.15) is 37.3 Å². The van der Waals surface area contributed by atoms with E-state index in [9.17, 15) is 4.79 Å². The van der Waals surface area contributed by atoms with Gasteiger partial charge in [0.2, 0.25) is 5.91 Å². The highest BCUT2D eigenvalue weighted by atomic mass is 16.5. The molecule has 2 saturated heterocycles. The molecule has 3 heterocycles. The maximum Gasteiger partial charge on any atom is 0.248 e. The highest BCUT2D eigenvalue weighted by molar-refractivity contribution is 5.77. The summed E-state index contributed by atoms with van der Waals surface area (Å²) < 4.78 is 12.8. The third-order valence-electron chi connectivity index (χ3n) is 5.11. The van der Waals surface area contributed by atoms with E-state index >= 15 is 0 Å². The lowest BCUT2D eigenvalue weighted by Crippen LogP contribution is -2.40. The summed E-state index contributed by atoms with van der Waals surface area (Å²) in [5.74, 6) is 2.50. The maximum atomic E-state index is 12.0. The Balaban J connectivity index is 1.54. The standard InChI is InChI=1S/C17H29N5O3/c1-3-24-13-16(23)22-6-4-14(5-7-22)17-19-18-15(20(17)2)12-21-8-10-25-11-9-21/h14H,3-13H2,1-2H3. The first-order chi connectivity index (χ1) is 12.2. The summed E-state index contributed by atoms with van der Waals surface area (Å²) in [7, 11) is 2.05. The molecule has 0 saturated carbocycles. The van der Waals surface area contributed by atoms with E-state index in [-0.39, 0.29) is 12.5 Å². The highest BCUT2D eigenvalue weighted by Crippen LogP contribution is 2.27. The molecule has 0 N–H and O–H groups in total. The van der Waals surface area contributed by atoms with Crippen LogP contribution in [-0.2, 0) is 27.9 Å². The van der Waals surface area contributed by atoms with Gasteiger partial charge in [-0.1, -0.05) is 0 Å². The van der Waals surface area contributed by atoms with Crippen molar-refractivity contribution in [2.75, 3.05) is 52.6 Å². The molecule has 2 aliphatic rings. The third-order valence-corrected chi connectivity index (χ3v) is 5.11. The summed E-state index contributed by atoms with van der Waals surface area (Å²) in [6.45, 7) is 8.50. The predicted octanol–water partition coefficient (Wildman–Crippen LogP) is 0.390. The molecule has 0 spiro atoms. The largest absolute Gasteiger partial charge is 0.379 e. The van der Waals surface area contributed by atoms with Gasteiger partial charge < -0.3 is 18.9 Å². The summed E-state index contributed by atoms with van der Waals surface area (Å²) in [5, 5.41) is 8.86. The number of amides is 1. The van der Waals surface area contributed by atoms with Crippen LogP contribution in [0, 0.1) is 0 Å². The van der Waals surface area contributed by atoms with Gasteiger partial charge in [-0.15, -0.1) is 10.2 Å². The molecule has 1 aromatic heterocycles. The van der Waals surface area contributed by atoms with E-state index in [1.54, 1.807) is 0 Å². The zero-order valence-electron chi connectivity index (χ0n) is 15.3. The minimum absolute atomic E-state index is 0.0891. The Bertz CT molecular complexity index is 563. The Kier molecular flexibility index (Phi) is 6.39. The summed E-state index contributed by atoms with van der Waals surface area (Å²) in [6.07, 6.45) is 1.86. The second kappa shape index (κ2) is 8.73. The first-order valence-electron chi connectivity index (χ1n) is 9.22. The number of likely N-dealkylation sites (tertiary alicyclic amines) is 1. The van der Waals surface area contributed by atoms with Gasteiger partial charge in [-0.25, -0.2) is 0 Å². The van der Waals surface area contributed by atoms with Crippen molar-refractivity contribution in [3.8, 4) is 0 Å². The van der Waals surface area contributed by atoms with Crippen molar-refractivity contribution in [2.24, 2.45) is 7.05 Å². The number of nitrogens with zero attached hydrogens (tertiary/aromatic N) is 5. The van der Waals surface area contributed by atoms with Crippen molar-refractivity contribution in [3.05, 3.63) is 11.6 Å². The average Bonchev–Trinajstić information content (AvgIpc) is 3.01. The van der Waals surface area contributed by atoms with E-state index < -0.39 is 0 Å². The van der Waals surface area contributed by atoms with Crippen molar-refractivity contribution in [2.45, 2.75) is 32.2 Å². The first-order valence-corrected chi connectivity index (χ1v) is 9.22. The van der Waals surface area contributed by atoms with Crippen molar-refractivity contribution >= 4 is 5.91 Å². The Labute approximate surface area is 149 Å². The lowest BCUT2D eigenvalue weighted by molar-refractivity contribution is -0.137. The maximum absolute atomic E-state index is 12.0. The van der Waals surface area contributed by atoms with Gasteiger partial charge in [-0.05, 0) is 19.8 Å². The van der Waals surface area contributed by atoms with Crippen LogP contribution in [0.4, 0.5) is 0 Å². The number of carbonyl (C=O) groups excluding carboxylic acids is 1. The Morgan fingerprint density at radius 1 is 1.20 bits per heavy atom. The van der Waals surface area contributed by atoms with E-state index in [4.69, 9.17) is 9.47 Å². The van der Waals surface area contributed by atoms with Gasteiger partial charge in [0, 0.05) is 45.8 Å². The van der Waals surface area contributed by atoms with E-state index in [1.165, 1.54) is 0 Å². The third kappa shape index (κ3) is 4.56. The molecule has 0 atom stereocenters. The number of morpholine rings is 1. The molecule has 0 bridgehead atoms. The molecule has 0 unspecified atom stereocenters. The normalized spacial score (nSPS) is 20.2. The molecule has 1 amide bonds. The molecule has 2 aliphatic heterocycles. The first kappa shape index (κ1) is 18.3. The smallest absolute Gasteiger partial charge is 0.248 e. The minimum Gasteiger partial charge on any atom is -0.379 e. The molecule has 0 aromatic carbocycles. The van der Waals surface area contributed by atoms with E-state index in [1.807, 2.05) is 11.8 Å². The molecular formula is C17H29N5O3. The number of hydrogen-bond acceptors (Lipinski definition) is 6. The van der Waals surface area contributed by atoms with Gasteiger partial charge in [0.15, 0.2) is 0 Å². The molecular weight excluding hydrogens is 322 g/mol. The molecule has 0 radical (unpaired) electrons. The minimum atomic E-state index is 0.0891. The van der Waals surface area contributed by atoms with Gasteiger partial charge in [-0.2, -0.15) is 0 Å². The SMILES string of the molecule is CCOCC(=O)N1CCC(c2nnc(CN3CCOCC3)n2C)CC1. The number of carbonyl (C=O) groups is 1. The van der Waals surface area contributed by atoms with Gasteiger partial charge in [0.25, 0.3) is 0 Å². The summed E-state index contributed by atoms with van der Waals surface area (Å²) in [6, 6.07) is 0. The van der Waals surface area contributed by atoms with E-state index in [0.717, 1.165) is 70.4 Å². The van der Waals surface area contributed by atoms with Crippen LogP contribution in [0.2, 0.25) is 0 Å². The topological polar surface area (TPSA) is 72.7 Å². The zero-order chi connectivity index (χ0) is 17.6. The fraction of sp³-hybridized carbons (Fsp3) is 0.824. The molecule has 3 rings (SSSR count). The highest BCUT2D eigenvalue weighted by Gasteiger charge is 2.27. The number of hydrogen-bond donors (Lipinski definition) is 0. The summed E-state index contributed by atoms with van der Waals surface area (Å²) in [5.41, 5.74) is 0. The number of aromatic nitrogens is 3. The second-order valence-electron chi connectivity index (χ2n) is 6.71. The molecule has 25 heavy (non-hydrogen) atoms. The van der Waals surface area contributed by atoms with Crippen molar-refractivity contribution in [1.29, 1.82) is 0 Å². The molecule has 8 heteroatoms. The lowest BCUT2D eigenvalue weighted by Gasteiger charge is -2.31. The molecule has 1 aromatic rings. The van der Waals surface area contributed by atoms with Crippen molar-refractivity contribution < 1.29 is 14.3 Å². The van der Waals surface area contributed by atoms with Crippen LogP contribution in [0.3, 0.4) is 0 Å². The molecule has 0 aliphatic carbocycles. The van der Waals surface area contributed by atoms with Crippen molar-refractivity contribution in [1.82, 2.24) is 24.6 Å². The van der Waals surface area contributed by atoms with E-state index in [2.05, 4.69) is 26.7 Å². The number of ether oxygens (including phenoxy) is 2. The molecule has 2 fully saturated rings. The zero-order valence-corrected chi connectivity index (χ0v) is 15.3. The fourth-order valence-electron chi connectivity index (χ4n) is 3.50. The lowest BCUT2D eigenvalue weighted by atomic mass is 9.96. The predicted molar refractivity (Wildman–Crippen MR) is 92.1 cm³/mol. The monoisotopic (exact) mass is 351 g/mol. The number of piperidine rings is 1. The van der Waals surface area contributed by atoms with Crippen LogP contribution in [0.15, 0.2) is 0 Å². The average molecular weight is 351 g/mol. The van der Waals surface area contributed by atoms with Crippen LogP contribution >= 0.6 is 0 Å². The fourth-order valence-corrected chi connectivity index (χ4v) is 3.50. The Hall–Kier alpha value is -1.51. The van der Waals surface area contributed by atoms with E-state index in [0.29, 0.717) is 12.5 Å². The van der Waals surface area contributed by atoms with Crippen molar-refractivity contribution in [3.63, 3.8) is 0 Å². The Morgan fingerprint density at radius 2 is 1.92 bits per heavy atom. The van der Waals surface area contributed by atoms with Crippen LogP contribution < -0.4 is 0 Å². The van der Waals surface area contributed by atoms with Crippen LogP contribution in [0.25, 0.3) is 0 Å². The second-order valence-corrected chi connectivity index (χ2v) is 6.71. The molecule has 140 valence electrons. The van der Waals surface area contributed by atoms with Gasteiger partial charge >= 0.3 is 0 Å². The molecule has 8 nitrogen and oxygen atoms in total. The van der Waals surface area contributed by atoms with Crippen LogP contribution in [0.5, 0.6) is 0 Å². The number of rotatable bonds is 6. The Morgan fingerprint density at radius 3 is 2.60 bits per heavy atom. The van der Waals surface area contributed by atoms with Gasteiger partial charge in [-0.3, -0.25) is 9.69 Å². The van der Waals surface area contributed by atoms with Gasteiger partial charge in [0.05, 0.1) is 19.8 Å².